The van der Waals surface area contributed by atoms with Gasteiger partial charge in [0.25, 0.3) is 0 Å². The summed E-state index contributed by atoms with van der Waals surface area (Å²) in [5.74, 6) is 1.56. The second-order valence-electron chi connectivity index (χ2n) is 10.2. The van der Waals surface area contributed by atoms with Crippen molar-refractivity contribution in [3.8, 4) is 0 Å². The zero-order valence-electron chi connectivity index (χ0n) is 15.7. The maximum Gasteiger partial charge on any atom is 0.174 e. The van der Waals surface area contributed by atoms with Gasteiger partial charge in [-0.15, -0.1) is 0 Å². The highest BCUT2D eigenvalue weighted by Gasteiger charge is 2.68. The highest BCUT2D eigenvalue weighted by atomic mass is 16.7. The first-order valence-electron chi connectivity index (χ1n) is 10.5. The molecular formula is C21H34O4. The molecule has 0 aromatic carbocycles. The fourth-order valence-corrected chi connectivity index (χ4v) is 8.09. The molecule has 1 heterocycles. The summed E-state index contributed by atoms with van der Waals surface area (Å²) in [5, 5.41) is 21.3. The summed E-state index contributed by atoms with van der Waals surface area (Å²) < 4.78 is 12.4. The van der Waals surface area contributed by atoms with Crippen LogP contribution < -0.4 is 0 Å². The third-order valence-corrected chi connectivity index (χ3v) is 9.45. The summed E-state index contributed by atoms with van der Waals surface area (Å²) in [5.41, 5.74) is 0.334. The first-order chi connectivity index (χ1) is 11.9. The van der Waals surface area contributed by atoms with Gasteiger partial charge in [0.15, 0.2) is 5.79 Å². The van der Waals surface area contributed by atoms with Crippen molar-refractivity contribution in [2.24, 2.45) is 34.5 Å². The minimum Gasteiger partial charge on any atom is -0.393 e. The van der Waals surface area contributed by atoms with Gasteiger partial charge in [-0.25, -0.2) is 0 Å². The van der Waals surface area contributed by atoms with Crippen molar-refractivity contribution in [2.75, 3.05) is 13.2 Å². The molecule has 4 saturated carbocycles. The summed E-state index contributed by atoms with van der Waals surface area (Å²) in [7, 11) is 0. The predicted octanol–water partition coefficient (Wildman–Crippen LogP) is 3.10. The van der Waals surface area contributed by atoms with Crippen LogP contribution in [0.25, 0.3) is 0 Å². The summed E-state index contributed by atoms with van der Waals surface area (Å²) in [6, 6.07) is 0. The van der Waals surface area contributed by atoms with E-state index < -0.39 is 0 Å². The number of fused-ring (bicyclic) bond motifs is 6. The van der Waals surface area contributed by atoms with Crippen LogP contribution in [0.2, 0.25) is 0 Å². The Kier molecular flexibility index (Phi) is 3.69. The van der Waals surface area contributed by atoms with E-state index in [0.29, 0.717) is 23.7 Å². The molecule has 8 unspecified atom stereocenters. The quantitative estimate of drug-likeness (QED) is 0.705. The van der Waals surface area contributed by atoms with Crippen LogP contribution in [0.3, 0.4) is 0 Å². The molecule has 4 heteroatoms. The lowest BCUT2D eigenvalue weighted by Crippen LogP contribution is -2.60. The van der Waals surface area contributed by atoms with E-state index in [0.717, 1.165) is 58.2 Å². The van der Waals surface area contributed by atoms with Crippen molar-refractivity contribution < 1.29 is 19.7 Å². The van der Waals surface area contributed by atoms with Crippen LogP contribution in [-0.4, -0.2) is 41.4 Å². The zero-order chi connectivity index (χ0) is 17.4. The first-order valence-corrected chi connectivity index (χ1v) is 10.5. The SMILES string of the molecule is CC12CCC(O)CC1CC(O)C1C2CCC2(C)C1CCC21OCCO1. The Morgan fingerprint density at radius 3 is 2.32 bits per heavy atom. The van der Waals surface area contributed by atoms with E-state index in [2.05, 4.69) is 13.8 Å². The average Bonchev–Trinajstić information content (AvgIpc) is 3.17. The number of rotatable bonds is 0. The van der Waals surface area contributed by atoms with Crippen molar-refractivity contribution in [1.82, 2.24) is 0 Å². The average molecular weight is 350 g/mol. The summed E-state index contributed by atoms with van der Waals surface area (Å²) in [6.45, 7) is 6.27. The van der Waals surface area contributed by atoms with Crippen LogP contribution in [-0.2, 0) is 9.47 Å². The first kappa shape index (κ1) is 17.0. The maximum absolute atomic E-state index is 11.2. The van der Waals surface area contributed by atoms with Gasteiger partial charge in [-0.2, -0.15) is 0 Å². The molecule has 4 nitrogen and oxygen atoms in total. The van der Waals surface area contributed by atoms with Gasteiger partial charge in [0, 0.05) is 11.8 Å². The van der Waals surface area contributed by atoms with Gasteiger partial charge >= 0.3 is 0 Å². The van der Waals surface area contributed by atoms with E-state index in [9.17, 15) is 10.2 Å². The minimum atomic E-state index is -0.386. The van der Waals surface area contributed by atoms with Crippen molar-refractivity contribution in [2.45, 2.75) is 83.2 Å². The molecular weight excluding hydrogens is 316 g/mol. The lowest BCUT2D eigenvalue weighted by Gasteiger charge is -2.62. The Morgan fingerprint density at radius 1 is 0.840 bits per heavy atom. The zero-order valence-corrected chi connectivity index (χ0v) is 15.7. The molecule has 5 aliphatic rings. The molecule has 1 saturated heterocycles. The van der Waals surface area contributed by atoms with Gasteiger partial charge in [-0.1, -0.05) is 13.8 Å². The molecule has 0 radical (unpaired) electrons. The highest BCUT2D eigenvalue weighted by molar-refractivity contribution is 5.14. The molecule has 0 aromatic heterocycles. The normalized spacial score (nSPS) is 57.1. The molecule has 25 heavy (non-hydrogen) atoms. The van der Waals surface area contributed by atoms with E-state index >= 15 is 0 Å². The van der Waals surface area contributed by atoms with E-state index in [1.165, 1.54) is 6.42 Å². The van der Waals surface area contributed by atoms with Gasteiger partial charge in [0.1, 0.15) is 0 Å². The van der Waals surface area contributed by atoms with Gasteiger partial charge in [0.2, 0.25) is 0 Å². The van der Waals surface area contributed by atoms with Crippen molar-refractivity contribution in [3.05, 3.63) is 0 Å². The second kappa shape index (κ2) is 5.43. The Morgan fingerprint density at radius 2 is 1.56 bits per heavy atom. The topological polar surface area (TPSA) is 58.9 Å². The fourth-order valence-electron chi connectivity index (χ4n) is 8.09. The largest absolute Gasteiger partial charge is 0.393 e. The molecule has 5 fully saturated rings. The number of hydrogen-bond acceptors (Lipinski definition) is 4. The van der Waals surface area contributed by atoms with Crippen molar-refractivity contribution in [3.63, 3.8) is 0 Å². The molecule has 1 spiro atoms. The monoisotopic (exact) mass is 350 g/mol. The van der Waals surface area contributed by atoms with E-state index in [4.69, 9.17) is 9.47 Å². The predicted molar refractivity (Wildman–Crippen MR) is 93.8 cm³/mol. The number of aliphatic hydroxyl groups is 2. The second-order valence-corrected chi connectivity index (χ2v) is 10.2. The van der Waals surface area contributed by atoms with Crippen LogP contribution in [0, 0.1) is 34.5 Å². The number of ether oxygens (including phenoxy) is 2. The lowest BCUT2D eigenvalue weighted by molar-refractivity contribution is -0.256. The van der Waals surface area contributed by atoms with Gasteiger partial charge in [-0.05, 0) is 74.0 Å². The fraction of sp³-hybridized carbons (Fsp3) is 1.00. The molecule has 0 amide bonds. The van der Waals surface area contributed by atoms with Gasteiger partial charge in [-0.3, -0.25) is 0 Å². The molecule has 5 rings (SSSR count). The highest BCUT2D eigenvalue weighted by Crippen LogP contribution is 2.69. The lowest BCUT2D eigenvalue weighted by atomic mass is 9.44. The van der Waals surface area contributed by atoms with Crippen LogP contribution >= 0.6 is 0 Å². The maximum atomic E-state index is 11.2. The molecule has 142 valence electrons. The van der Waals surface area contributed by atoms with E-state index in [1.807, 2.05) is 0 Å². The standard InChI is InChI=1S/C21H34O4/c1-19-6-3-14(22)11-13(19)12-17(23)18-15(19)4-7-20(2)16(18)5-8-21(20)24-9-10-25-21/h13-18,22-23H,3-12H2,1-2H3. The number of aliphatic hydroxyl groups excluding tert-OH is 2. The molecule has 0 aromatic rings. The molecule has 8 atom stereocenters. The molecule has 1 aliphatic heterocycles. The van der Waals surface area contributed by atoms with Gasteiger partial charge in [0.05, 0.1) is 25.4 Å². The summed E-state index contributed by atoms with van der Waals surface area (Å²) in [4.78, 5) is 0. The molecule has 2 N–H and O–H groups in total. The van der Waals surface area contributed by atoms with Crippen LogP contribution in [0.15, 0.2) is 0 Å². The van der Waals surface area contributed by atoms with Crippen molar-refractivity contribution >= 4 is 0 Å². The van der Waals surface area contributed by atoms with E-state index in [-0.39, 0.29) is 28.8 Å². The third kappa shape index (κ3) is 2.09. The van der Waals surface area contributed by atoms with E-state index in [1.54, 1.807) is 0 Å². The number of hydrogen-bond donors (Lipinski definition) is 2. The summed E-state index contributed by atoms with van der Waals surface area (Å²) >= 11 is 0. The molecule has 0 bridgehead atoms. The van der Waals surface area contributed by atoms with Crippen LogP contribution in [0.5, 0.6) is 0 Å². The smallest absolute Gasteiger partial charge is 0.174 e. The Hall–Kier alpha value is -0.160. The Bertz CT molecular complexity index is 544. The minimum absolute atomic E-state index is 0.0447. The van der Waals surface area contributed by atoms with Crippen molar-refractivity contribution in [1.29, 1.82) is 0 Å². The third-order valence-electron chi connectivity index (χ3n) is 9.45. The van der Waals surface area contributed by atoms with Crippen LogP contribution in [0.1, 0.15) is 65.2 Å². The van der Waals surface area contributed by atoms with Crippen LogP contribution in [0.4, 0.5) is 0 Å². The Balaban J connectivity index is 1.49. The Labute approximate surface area is 151 Å². The summed E-state index contributed by atoms with van der Waals surface area (Å²) in [6.07, 6.45) is 7.85. The molecule has 4 aliphatic carbocycles. The van der Waals surface area contributed by atoms with Gasteiger partial charge < -0.3 is 19.7 Å².